The summed E-state index contributed by atoms with van der Waals surface area (Å²) < 4.78 is 0. The van der Waals surface area contributed by atoms with Crippen LogP contribution in [0, 0.1) is 34.0 Å². The Balaban J connectivity index is 1.89. The zero-order chi connectivity index (χ0) is 17.7. The summed E-state index contributed by atoms with van der Waals surface area (Å²) in [6, 6.07) is 0. The van der Waals surface area contributed by atoms with E-state index < -0.39 is 22.3 Å². The standard InChI is InChI=1S/C20H26O4/c1-10-8-20-6-5-13-18(2,3)16(23)12(21)9-19(13,4)14(20)7-11(10)15(22)17(20)24/h9,11,13-15,21-22H,1,5-8H2,2-4H3/t11-,13+,14-,15+,19+,20-/m0/s1. The number of Topliss-reactive ketones (excluding diaryl/α,β-unsaturated/α-hetero) is 2. The van der Waals surface area contributed by atoms with Crippen molar-refractivity contribution >= 4 is 11.6 Å². The van der Waals surface area contributed by atoms with Gasteiger partial charge in [-0.15, -0.1) is 0 Å². The predicted molar refractivity (Wildman–Crippen MR) is 89.1 cm³/mol. The number of aliphatic hydroxyl groups excluding tert-OH is 2. The van der Waals surface area contributed by atoms with Crippen molar-refractivity contribution in [3.8, 4) is 0 Å². The lowest BCUT2D eigenvalue weighted by Gasteiger charge is -2.65. The largest absolute Gasteiger partial charge is 0.505 e. The third kappa shape index (κ3) is 1.58. The fourth-order valence-corrected chi connectivity index (χ4v) is 6.77. The van der Waals surface area contributed by atoms with Gasteiger partial charge in [0.1, 0.15) is 6.10 Å². The molecule has 5 aliphatic carbocycles. The first kappa shape index (κ1) is 16.1. The van der Waals surface area contributed by atoms with Crippen molar-refractivity contribution in [2.24, 2.45) is 34.0 Å². The molecule has 4 saturated carbocycles. The molecule has 5 rings (SSSR count). The Morgan fingerprint density at radius 1 is 1.21 bits per heavy atom. The van der Waals surface area contributed by atoms with Crippen LogP contribution in [0.3, 0.4) is 0 Å². The first-order chi connectivity index (χ1) is 11.1. The number of allylic oxidation sites excluding steroid dienone is 2. The molecule has 2 bridgehead atoms. The van der Waals surface area contributed by atoms with Gasteiger partial charge in [-0.05, 0) is 49.0 Å². The molecule has 6 atom stereocenters. The Hall–Kier alpha value is -1.42. The molecule has 0 aliphatic heterocycles. The van der Waals surface area contributed by atoms with Gasteiger partial charge >= 0.3 is 0 Å². The minimum Gasteiger partial charge on any atom is -0.505 e. The molecule has 4 heteroatoms. The summed E-state index contributed by atoms with van der Waals surface area (Å²) in [5, 5.41) is 20.7. The lowest BCUT2D eigenvalue weighted by atomic mass is 9.37. The van der Waals surface area contributed by atoms with E-state index in [1.807, 2.05) is 13.8 Å². The highest BCUT2D eigenvalue weighted by Gasteiger charge is 2.69. The van der Waals surface area contributed by atoms with E-state index >= 15 is 0 Å². The average Bonchev–Trinajstić information content (AvgIpc) is 2.49. The smallest absolute Gasteiger partial charge is 0.202 e. The quantitative estimate of drug-likeness (QED) is 0.670. The van der Waals surface area contributed by atoms with Crippen LogP contribution in [0.4, 0.5) is 0 Å². The van der Waals surface area contributed by atoms with Crippen molar-refractivity contribution in [3.63, 3.8) is 0 Å². The minimum absolute atomic E-state index is 0.0431. The van der Waals surface area contributed by atoms with E-state index in [4.69, 9.17) is 0 Å². The highest BCUT2D eigenvalue weighted by Crippen LogP contribution is 2.69. The van der Waals surface area contributed by atoms with Gasteiger partial charge in [0.25, 0.3) is 0 Å². The first-order valence-electron chi connectivity index (χ1n) is 8.92. The molecule has 5 aliphatic rings. The number of rotatable bonds is 0. The van der Waals surface area contributed by atoms with E-state index in [1.165, 1.54) is 0 Å². The molecular weight excluding hydrogens is 304 g/mol. The molecule has 0 aromatic heterocycles. The van der Waals surface area contributed by atoms with Gasteiger partial charge in [0.05, 0.1) is 0 Å². The molecule has 0 heterocycles. The molecule has 2 N–H and O–H groups in total. The zero-order valence-electron chi connectivity index (χ0n) is 14.6. The topological polar surface area (TPSA) is 74.6 Å². The summed E-state index contributed by atoms with van der Waals surface area (Å²) in [6.45, 7) is 10.0. The van der Waals surface area contributed by atoms with Crippen LogP contribution in [0.25, 0.3) is 0 Å². The molecule has 130 valence electrons. The fraction of sp³-hybridized carbons (Fsp3) is 0.700. The van der Waals surface area contributed by atoms with Gasteiger partial charge in [-0.1, -0.05) is 32.9 Å². The van der Waals surface area contributed by atoms with Crippen LogP contribution >= 0.6 is 0 Å². The second kappa shape index (κ2) is 4.40. The van der Waals surface area contributed by atoms with Crippen LogP contribution in [-0.2, 0) is 9.59 Å². The minimum atomic E-state index is -0.932. The normalized spacial score (nSPS) is 49.5. The molecule has 1 spiro atoms. The van der Waals surface area contributed by atoms with E-state index in [-0.39, 0.29) is 35.1 Å². The van der Waals surface area contributed by atoms with E-state index in [1.54, 1.807) is 6.08 Å². The maximum Gasteiger partial charge on any atom is 0.202 e. The van der Waals surface area contributed by atoms with Crippen molar-refractivity contribution < 1.29 is 19.8 Å². The fourth-order valence-electron chi connectivity index (χ4n) is 6.77. The third-order valence-corrected chi connectivity index (χ3v) is 7.88. The van der Waals surface area contributed by atoms with Crippen LogP contribution in [0.15, 0.2) is 24.0 Å². The van der Waals surface area contributed by atoms with Crippen molar-refractivity contribution in [3.05, 3.63) is 24.0 Å². The number of fused-ring (bicyclic) bond motifs is 3. The van der Waals surface area contributed by atoms with E-state index in [2.05, 4.69) is 13.5 Å². The summed E-state index contributed by atoms with van der Waals surface area (Å²) in [7, 11) is 0. The summed E-state index contributed by atoms with van der Waals surface area (Å²) in [4.78, 5) is 25.5. The van der Waals surface area contributed by atoms with Gasteiger partial charge < -0.3 is 10.2 Å². The molecule has 0 unspecified atom stereocenters. The summed E-state index contributed by atoms with van der Waals surface area (Å²) in [5.41, 5.74) is -0.636. The van der Waals surface area contributed by atoms with E-state index in [0.717, 1.165) is 12.0 Å². The summed E-state index contributed by atoms with van der Waals surface area (Å²) in [6.07, 6.45) is 3.60. The van der Waals surface area contributed by atoms with Gasteiger partial charge in [-0.2, -0.15) is 0 Å². The lowest BCUT2D eigenvalue weighted by molar-refractivity contribution is -0.181. The van der Waals surface area contributed by atoms with E-state index in [0.29, 0.717) is 19.3 Å². The third-order valence-electron chi connectivity index (χ3n) is 7.88. The predicted octanol–water partition coefficient (Wildman–Crippen LogP) is 2.97. The van der Waals surface area contributed by atoms with Crippen molar-refractivity contribution in [1.29, 1.82) is 0 Å². The second-order valence-electron chi connectivity index (χ2n) is 9.23. The molecule has 24 heavy (non-hydrogen) atoms. The first-order valence-corrected chi connectivity index (χ1v) is 8.92. The molecule has 4 fully saturated rings. The highest BCUT2D eigenvalue weighted by molar-refractivity contribution is 5.99. The molecular formula is C20H26O4. The Labute approximate surface area is 142 Å². The van der Waals surface area contributed by atoms with E-state index in [9.17, 15) is 19.8 Å². The lowest BCUT2D eigenvalue weighted by Crippen LogP contribution is -2.66. The molecule has 0 amide bonds. The number of ketones is 2. The Bertz CT molecular complexity index is 702. The average molecular weight is 330 g/mol. The van der Waals surface area contributed by atoms with Crippen LogP contribution < -0.4 is 0 Å². The highest BCUT2D eigenvalue weighted by atomic mass is 16.3. The molecule has 4 nitrogen and oxygen atoms in total. The zero-order valence-corrected chi connectivity index (χ0v) is 14.6. The van der Waals surface area contributed by atoms with Crippen LogP contribution in [0.2, 0.25) is 0 Å². The molecule has 0 saturated heterocycles. The SMILES string of the molecule is C=C1C[C@@]23CC[C@@H]4C(C)(C)C(=O)C(O)=C[C@@]4(C)[C@@H]2C[C@@H]1[C@@H](O)C3=O. The second-order valence-corrected chi connectivity index (χ2v) is 9.23. The molecule has 0 aromatic rings. The van der Waals surface area contributed by atoms with Gasteiger partial charge in [-0.3, -0.25) is 9.59 Å². The monoisotopic (exact) mass is 330 g/mol. The number of carbonyl (C=O) groups is 2. The van der Waals surface area contributed by atoms with Gasteiger partial charge in [0.2, 0.25) is 5.78 Å². The maximum absolute atomic E-state index is 13.0. The van der Waals surface area contributed by atoms with Crippen molar-refractivity contribution in [1.82, 2.24) is 0 Å². The maximum atomic E-state index is 13.0. The Kier molecular flexibility index (Phi) is 2.95. The number of hydrogen-bond donors (Lipinski definition) is 2. The Morgan fingerprint density at radius 3 is 2.54 bits per heavy atom. The number of hydrogen-bond acceptors (Lipinski definition) is 4. The van der Waals surface area contributed by atoms with Gasteiger partial charge in [-0.25, -0.2) is 0 Å². The van der Waals surface area contributed by atoms with Gasteiger partial charge in [0.15, 0.2) is 11.5 Å². The number of carbonyl (C=O) groups excluding carboxylic acids is 2. The molecule has 0 aromatic carbocycles. The van der Waals surface area contributed by atoms with Crippen molar-refractivity contribution in [2.75, 3.05) is 0 Å². The summed E-state index contributed by atoms with van der Waals surface area (Å²) >= 11 is 0. The summed E-state index contributed by atoms with van der Waals surface area (Å²) in [5.74, 6) is -0.442. The number of aliphatic hydroxyl groups is 2. The van der Waals surface area contributed by atoms with Crippen molar-refractivity contribution in [2.45, 2.75) is 52.6 Å². The molecule has 0 radical (unpaired) electrons. The van der Waals surface area contributed by atoms with Crippen LogP contribution in [0.5, 0.6) is 0 Å². The van der Waals surface area contributed by atoms with Gasteiger partial charge in [0, 0.05) is 16.7 Å². The van der Waals surface area contributed by atoms with Crippen LogP contribution in [0.1, 0.15) is 46.5 Å². The Morgan fingerprint density at radius 2 is 1.88 bits per heavy atom. The van der Waals surface area contributed by atoms with Crippen LogP contribution in [-0.4, -0.2) is 27.9 Å².